The zero-order chi connectivity index (χ0) is 14.1. The van der Waals surface area contributed by atoms with E-state index in [0.29, 0.717) is 16.1 Å². The molecule has 0 saturated heterocycles. The van der Waals surface area contributed by atoms with Crippen molar-refractivity contribution in [2.45, 2.75) is 31.8 Å². The Hall–Kier alpha value is -1.03. The van der Waals surface area contributed by atoms with Crippen molar-refractivity contribution in [2.24, 2.45) is 7.05 Å². The fraction of sp³-hybridized carbons (Fsp3) is 0.400. The van der Waals surface area contributed by atoms with Gasteiger partial charge in [0.25, 0.3) is 0 Å². The van der Waals surface area contributed by atoms with Crippen molar-refractivity contribution in [2.75, 3.05) is 0 Å². The minimum absolute atomic E-state index is 0.377. The van der Waals surface area contributed by atoms with Gasteiger partial charge in [0, 0.05) is 30.9 Å². The van der Waals surface area contributed by atoms with Gasteiger partial charge in [-0.2, -0.15) is 5.10 Å². The van der Waals surface area contributed by atoms with Crippen molar-refractivity contribution in [3.8, 4) is 0 Å². The van der Waals surface area contributed by atoms with Gasteiger partial charge in [0.1, 0.15) is 0 Å². The van der Waals surface area contributed by atoms with Crippen molar-refractivity contribution >= 4 is 23.2 Å². The van der Waals surface area contributed by atoms with Crippen LogP contribution in [0.4, 0.5) is 0 Å². The van der Waals surface area contributed by atoms with Crippen LogP contribution in [0.5, 0.6) is 0 Å². The molecule has 20 heavy (non-hydrogen) atoms. The van der Waals surface area contributed by atoms with Crippen LogP contribution in [0, 0.1) is 0 Å². The molecule has 106 valence electrons. The predicted molar refractivity (Wildman–Crippen MR) is 82.2 cm³/mol. The third-order valence-corrected chi connectivity index (χ3v) is 4.65. The van der Waals surface area contributed by atoms with E-state index in [2.05, 4.69) is 10.4 Å². The highest BCUT2D eigenvalue weighted by molar-refractivity contribution is 6.42. The summed E-state index contributed by atoms with van der Waals surface area (Å²) in [6, 6.07) is 6.15. The predicted octanol–water partition coefficient (Wildman–Crippen LogP) is 3.89. The monoisotopic (exact) mass is 309 g/mol. The van der Waals surface area contributed by atoms with E-state index in [1.165, 1.54) is 17.7 Å². The van der Waals surface area contributed by atoms with Crippen LogP contribution >= 0.6 is 23.2 Å². The van der Waals surface area contributed by atoms with Crippen molar-refractivity contribution < 1.29 is 0 Å². The molecule has 1 aromatic carbocycles. The van der Waals surface area contributed by atoms with Crippen molar-refractivity contribution in [3.05, 3.63) is 51.3 Å². The van der Waals surface area contributed by atoms with E-state index in [4.69, 9.17) is 23.2 Å². The first-order chi connectivity index (χ1) is 9.65. The zero-order valence-electron chi connectivity index (χ0n) is 11.4. The van der Waals surface area contributed by atoms with Crippen LogP contribution < -0.4 is 5.32 Å². The Labute approximate surface area is 128 Å². The Morgan fingerprint density at radius 1 is 1.35 bits per heavy atom. The second kappa shape index (κ2) is 5.76. The van der Waals surface area contributed by atoms with E-state index in [1.807, 2.05) is 36.1 Å². The average Bonchev–Trinajstić information content (AvgIpc) is 2.83. The van der Waals surface area contributed by atoms with E-state index in [-0.39, 0.29) is 0 Å². The molecule has 0 fully saturated rings. The van der Waals surface area contributed by atoms with Crippen LogP contribution in [0.15, 0.2) is 24.4 Å². The highest BCUT2D eigenvalue weighted by Gasteiger charge is 2.22. The van der Waals surface area contributed by atoms with Crippen LogP contribution in [-0.4, -0.2) is 9.78 Å². The summed E-state index contributed by atoms with van der Waals surface area (Å²) >= 11 is 12.0. The van der Waals surface area contributed by atoms with Crippen LogP contribution in [0.3, 0.4) is 0 Å². The molecule has 2 aromatic rings. The summed E-state index contributed by atoms with van der Waals surface area (Å²) in [4.78, 5) is 0. The van der Waals surface area contributed by atoms with E-state index in [1.54, 1.807) is 0 Å². The molecule has 0 amide bonds. The van der Waals surface area contributed by atoms with Gasteiger partial charge >= 0.3 is 0 Å². The molecule has 1 atom stereocenters. The van der Waals surface area contributed by atoms with Crippen molar-refractivity contribution in [1.82, 2.24) is 15.1 Å². The molecule has 0 bridgehead atoms. The molecule has 1 aromatic heterocycles. The lowest BCUT2D eigenvalue weighted by Crippen LogP contribution is -2.24. The third kappa shape index (κ3) is 2.71. The van der Waals surface area contributed by atoms with E-state index >= 15 is 0 Å². The molecule has 3 nitrogen and oxygen atoms in total. The van der Waals surface area contributed by atoms with Gasteiger partial charge in [-0.25, -0.2) is 0 Å². The highest BCUT2D eigenvalue weighted by atomic mass is 35.5. The molecule has 5 heteroatoms. The molecule has 1 heterocycles. The normalized spacial score (nSPS) is 18.1. The molecule has 0 aliphatic heterocycles. The fourth-order valence-corrected chi connectivity index (χ4v) is 3.13. The number of rotatable bonds is 3. The first kappa shape index (κ1) is 13.9. The summed E-state index contributed by atoms with van der Waals surface area (Å²) in [5.74, 6) is 0. The van der Waals surface area contributed by atoms with Gasteiger partial charge in [0.2, 0.25) is 0 Å². The quantitative estimate of drug-likeness (QED) is 0.932. The van der Waals surface area contributed by atoms with Crippen molar-refractivity contribution in [1.29, 1.82) is 0 Å². The largest absolute Gasteiger partial charge is 0.306 e. The summed E-state index contributed by atoms with van der Waals surface area (Å²) in [5, 5.41) is 9.17. The Balaban J connectivity index is 1.71. The SMILES string of the molecule is Cn1ncc2c1CCCC2NCc1ccc(Cl)c(Cl)c1. The number of benzene rings is 1. The van der Waals surface area contributed by atoms with Crippen LogP contribution in [0.1, 0.15) is 35.7 Å². The molecule has 1 N–H and O–H groups in total. The summed E-state index contributed by atoms with van der Waals surface area (Å²) in [6.07, 6.45) is 5.46. The standard InChI is InChI=1S/C15H17Cl2N3/c1-20-15-4-2-3-14(11(15)9-19-20)18-8-10-5-6-12(16)13(17)7-10/h5-7,9,14,18H,2-4,8H2,1H3. The second-order valence-electron chi connectivity index (χ2n) is 5.24. The average molecular weight is 310 g/mol. The first-order valence-corrected chi connectivity index (χ1v) is 7.59. The van der Waals surface area contributed by atoms with Crippen LogP contribution in [0.25, 0.3) is 0 Å². The van der Waals surface area contributed by atoms with Crippen molar-refractivity contribution in [3.63, 3.8) is 0 Å². The highest BCUT2D eigenvalue weighted by Crippen LogP contribution is 2.29. The maximum atomic E-state index is 6.05. The molecule has 0 spiro atoms. The minimum Gasteiger partial charge on any atom is -0.306 e. The van der Waals surface area contributed by atoms with Gasteiger partial charge < -0.3 is 5.32 Å². The van der Waals surface area contributed by atoms with Gasteiger partial charge in [0.05, 0.1) is 16.2 Å². The minimum atomic E-state index is 0.377. The fourth-order valence-electron chi connectivity index (χ4n) is 2.81. The molecular formula is C15H17Cl2N3. The Morgan fingerprint density at radius 2 is 2.20 bits per heavy atom. The van der Waals surface area contributed by atoms with E-state index < -0.39 is 0 Å². The van der Waals surface area contributed by atoms with Gasteiger partial charge in [-0.15, -0.1) is 0 Å². The summed E-state index contributed by atoms with van der Waals surface area (Å²) in [7, 11) is 2.01. The topological polar surface area (TPSA) is 29.9 Å². The number of nitrogens with one attached hydrogen (secondary N) is 1. The molecule has 1 aliphatic rings. The van der Waals surface area contributed by atoms with E-state index in [0.717, 1.165) is 24.9 Å². The lowest BCUT2D eigenvalue weighted by Gasteiger charge is -2.24. The van der Waals surface area contributed by atoms with Gasteiger partial charge in [0.15, 0.2) is 0 Å². The van der Waals surface area contributed by atoms with Gasteiger partial charge in [-0.1, -0.05) is 29.3 Å². The molecular weight excluding hydrogens is 293 g/mol. The molecule has 0 radical (unpaired) electrons. The Bertz CT molecular complexity index is 622. The lowest BCUT2D eigenvalue weighted by atomic mass is 9.93. The van der Waals surface area contributed by atoms with Crippen LogP contribution in [-0.2, 0) is 20.0 Å². The van der Waals surface area contributed by atoms with Crippen LogP contribution in [0.2, 0.25) is 10.0 Å². The number of hydrogen-bond acceptors (Lipinski definition) is 2. The number of hydrogen-bond donors (Lipinski definition) is 1. The number of fused-ring (bicyclic) bond motifs is 1. The maximum Gasteiger partial charge on any atom is 0.0595 e. The molecule has 0 saturated carbocycles. The van der Waals surface area contributed by atoms with E-state index in [9.17, 15) is 0 Å². The van der Waals surface area contributed by atoms with Gasteiger partial charge in [-0.05, 0) is 37.0 Å². The lowest BCUT2D eigenvalue weighted by molar-refractivity contribution is 0.452. The smallest absolute Gasteiger partial charge is 0.0595 e. The number of aromatic nitrogens is 2. The Kier molecular flexibility index (Phi) is 4.01. The second-order valence-corrected chi connectivity index (χ2v) is 6.06. The molecule has 3 rings (SSSR count). The number of halogens is 2. The summed E-state index contributed by atoms with van der Waals surface area (Å²) < 4.78 is 1.99. The van der Waals surface area contributed by atoms with Gasteiger partial charge in [-0.3, -0.25) is 4.68 Å². The zero-order valence-corrected chi connectivity index (χ0v) is 12.9. The maximum absolute atomic E-state index is 6.05. The molecule has 1 unspecified atom stereocenters. The Morgan fingerprint density at radius 3 is 3.00 bits per heavy atom. The first-order valence-electron chi connectivity index (χ1n) is 6.83. The summed E-state index contributed by atoms with van der Waals surface area (Å²) in [6.45, 7) is 0.788. The summed E-state index contributed by atoms with van der Waals surface area (Å²) in [5.41, 5.74) is 3.83. The third-order valence-electron chi connectivity index (χ3n) is 3.91. The molecule has 1 aliphatic carbocycles. The number of aryl methyl sites for hydroxylation is 1. The number of nitrogens with zero attached hydrogens (tertiary/aromatic N) is 2.